The Morgan fingerprint density at radius 2 is 1.89 bits per heavy atom. The second-order valence-corrected chi connectivity index (χ2v) is 7.09. The molecular weight excluding hydrogens is 350 g/mol. The first-order valence-electron chi connectivity index (χ1n) is 9.99. The maximum atomic E-state index is 12.1. The third-order valence-corrected chi connectivity index (χ3v) is 4.93. The molecule has 2 rings (SSSR count). The number of hydrogen-bond donors (Lipinski definition) is 3. The van der Waals surface area contributed by atoms with E-state index in [1.165, 1.54) is 55.4 Å². The predicted octanol–water partition coefficient (Wildman–Crippen LogP) is 1.60. The molecule has 4 N–H and O–H groups in total. The molecule has 0 unspecified atom stereocenters. The van der Waals surface area contributed by atoms with Crippen LogP contribution in [0, 0.1) is 0 Å². The Balaban J connectivity index is 1.84. The van der Waals surface area contributed by atoms with Gasteiger partial charge in [-0.15, -0.1) is 0 Å². The number of aliphatic hydroxyl groups excluding tert-OH is 2. The lowest BCUT2D eigenvalue weighted by molar-refractivity contribution is -0.0748. The van der Waals surface area contributed by atoms with E-state index >= 15 is 0 Å². The highest BCUT2D eigenvalue weighted by Gasteiger charge is 2.45. The second kappa shape index (κ2) is 11.4. The standard InChI is InChI=1S/C19H33N3O5/c1-2-3-4-5-6-7-8-9-12-26-17-16(24)14(13-23)27-18(17)22-11-10-15(20)21-19(22)25/h10-11,14,16-18,23-24H,2-9,12-13H2,1H3,(H2,20,21,25)/t14-,16-,17-,18-/m1/s1. The molecule has 1 fully saturated rings. The molecule has 1 saturated heterocycles. The molecule has 27 heavy (non-hydrogen) atoms. The van der Waals surface area contributed by atoms with Crippen molar-refractivity contribution < 1.29 is 19.7 Å². The molecule has 4 atom stereocenters. The summed E-state index contributed by atoms with van der Waals surface area (Å²) < 4.78 is 12.7. The molecule has 0 bridgehead atoms. The zero-order chi connectivity index (χ0) is 19.6. The summed E-state index contributed by atoms with van der Waals surface area (Å²) in [6, 6.07) is 1.49. The SMILES string of the molecule is CCCCCCCCCCO[C@@H]1[C@H](O)[C@@H](CO)O[C@H]1n1ccc(N)nc1=O. The fraction of sp³-hybridized carbons (Fsp3) is 0.789. The number of rotatable bonds is 12. The quantitative estimate of drug-likeness (QED) is 0.469. The van der Waals surface area contributed by atoms with Crippen molar-refractivity contribution in [2.24, 2.45) is 0 Å². The lowest BCUT2D eigenvalue weighted by atomic mass is 10.1. The number of nitrogens with zero attached hydrogens (tertiary/aromatic N) is 2. The molecule has 1 aliphatic heterocycles. The van der Waals surface area contributed by atoms with E-state index in [1.807, 2.05) is 0 Å². The van der Waals surface area contributed by atoms with E-state index in [4.69, 9.17) is 15.2 Å². The Hall–Kier alpha value is -1.48. The van der Waals surface area contributed by atoms with Crippen LogP contribution in [0.5, 0.6) is 0 Å². The van der Waals surface area contributed by atoms with Crippen molar-refractivity contribution in [2.75, 3.05) is 18.9 Å². The van der Waals surface area contributed by atoms with Gasteiger partial charge in [-0.1, -0.05) is 51.9 Å². The number of hydrogen-bond acceptors (Lipinski definition) is 7. The first-order chi connectivity index (χ1) is 13.1. The van der Waals surface area contributed by atoms with Crippen LogP contribution < -0.4 is 11.4 Å². The summed E-state index contributed by atoms with van der Waals surface area (Å²) in [4.78, 5) is 15.8. The number of aliphatic hydroxyl groups is 2. The number of nitrogens with two attached hydrogens (primary N) is 1. The van der Waals surface area contributed by atoms with Crippen LogP contribution in [-0.4, -0.2) is 51.3 Å². The summed E-state index contributed by atoms with van der Waals surface area (Å²) in [5, 5.41) is 19.8. The Bertz CT molecular complexity index is 609. The first kappa shape index (κ1) is 21.8. The summed E-state index contributed by atoms with van der Waals surface area (Å²) in [6.45, 7) is 2.32. The molecule has 0 radical (unpaired) electrons. The summed E-state index contributed by atoms with van der Waals surface area (Å²) in [7, 11) is 0. The van der Waals surface area contributed by atoms with Crippen LogP contribution in [0.4, 0.5) is 5.82 Å². The van der Waals surface area contributed by atoms with E-state index in [0.29, 0.717) is 6.61 Å². The fourth-order valence-corrected chi connectivity index (χ4v) is 3.35. The lowest BCUT2D eigenvalue weighted by Crippen LogP contribution is -2.38. The van der Waals surface area contributed by atoms with Crippen LogP contribution in [0.15, 0.2) is 17.1 Å². The van der Waals surface area contributed by atoms with Crippen molar-refractivity contribution in [3.63, 3.8) is 0 Å². The van der Waals surface area contributed by atoms with Crippen molar-refractivity contribution in [2.45, 2.75) is 82.8 Å². The van der Waals surface area contributed by atoms with Crippen LogP contribution in [0.3, 0.4) is 0 Å². The van der Waals surface area contributed by atoms with E-state index in [0.717, 1.165) is 12.8 Å². The Morgan fingerprint density at radius 3 is 2.52 bits per heavy atom. The van der Waals surface area contributed by atoms with Gasteiger partial charge in [0.25, 0.3) is 0 Å². The maximum Gasteiger partial charge on any atom is 0.351 e. The van der Waals surface area contributed by atoms with E-state index < -0.39 is 30.2 Å². The largest absolute Gasteiger partial charge is 0.394 e. The van der Waals surface area contributed by atoms with Gasteiger partial charge < -0.3 is 25.4 Å². The van der Waals surface area contributed by atoms with Crippen molar-refractivity contribution in [3.8, 4) is 0 Å². The molecule has 0 aliphatic carbocycles. The zero-order valence-electron chi connectivity index (χ0n) is 16.1. The Labute approximate surface area is 160 Å². The average Bonchev–Trinajstić information content (AvgIpc) is 2.96. The van der Waals surface area contributed by atoms with Gasteiger partial charge in [0.1, 0.15) is 24.1 Å². The topological polar surface area (TPSA) is 120 Å². The second-order valence-electron chi connectivity index (χ2n) is 7.09. The van der Waals surface area contributed by atoms with Crippen LogP contribution >= 0.6 is 0 Å². The van der Waals surface area contributed by atoms with Gasteiger partial charge in [-0.2, -0.15) is 4.98 Å². The van der Waals surface area contributed by atoms with E-state index in [-0.39, 0.29) is 12.4 Å². The molecule has 1 aromatic rings. The monoisotopic (exact) mass is 383 g/mol. The van der Waals surface area contributed by atoms with Crippen LogP contribution in [0.2, 0.25) is 0 Å². The molecule has 154 valence electrons. The zero-order valence-corrected chi connectivity index (χ0v) is 16.1. The van der Waals surface area contributed by atoms with Crippen LogP contribution in [-0.2, 0) is 9.47 Å². The number of anilines is 1. The molecule has 1 aromatic heterocycles. The van der Waals surface area contributed by atoms with E-state index in [1.54, 1.807) is 0 Å². The highest BCUT2D eigenvalue weighted by atomic mass is 16.6. The van der Waals surface area contributed by atoms with Gasteiger partial charge >= 0.3 is 5.69 Å². The molecule has 0 spiro atoms. The smallest absolute Gasteiger partial charge is 0.351 e. The number of nitrogen functional groups attached to an aromatic ring is 1. The maximum absolute atomic E-state index is 12.1. The molecule has 8 nitrogen and oxygen atoms in total. The molecule has 0 saturated carbocycles. The summed E-state index contributed by atoms with van der Waals surface area (Å²) >= 11 is 0. The van der Waals surface area contributed by atoms with Gasteiger partial charge in [-0.3, -0.25) is 4.57 Å². The molecular formula is C19H33N3O5. The van der Waals surface area contributed by atoms with Gasteiger partial charge in [0.2, 0.25) is 0 Å². The minimum Gasteiger partial charge on any atom is -0.394 e. The van der Waals surface area contributed by atoms with Crippen LogP contribution in [0.1, 0.15) is 64.5 Å². The van der Waals surface area contributed by atoms with Gasteiger partial charge in [0, 0.05) is 12.8 Å². The summed E-state index contributed by atoms with van der Waals surface area (Å²) in [5.74, 6) is 0.116. The molecule has 2 heterocycles. The fourth-order valence-electron chi connectivity index (χ4n) is 3.35. The van der Waals surface area contributed by atoms with Crippen molar-refractivity contribution in [1.29, 1.82) is 0 Å². The van der Waals surface area contributed by atoms with Crippen LogP contribution in [0.25, 0.3) is 0 Å². The van der Waals surface area contributed by atoms with Crippen molar-refractivity contribution in [3.05, 3.63) is 22.7 Å². The minimum atomic E-state index is -1.02. The molecule has 0 aromatic carbocycles. The lowest BCUT2D eigenvalue weighted by Gasteiger charge is -2.22. The van der Waals surface area contributed by atoms with E-state index in [2.05, 4.69) is 11.9 Å². The molecule has 8 heteroatoms. The highest BCUT2D eigenvalue weighted by Crippen LogP contribution is 2.31. The Kier molecular flexibility index (Phi) is 9.20. The van der Waals surface area contributed by atoms with Gasteiger partial charge in [-0.05, 0) is 12.5 Å². The third kappa shape index (κ3) is 6.27. The third-order valence-electron chi connectivity index (χ3n) is 4.93. The van der Waals surface area contributed by atoms with Crippen molar-refractivity contribution in [1.82, 2.24) is 9.55 Å². The normalized spacial score (nSPS) is 25.1. The molecule has 0 amide bonds. The highest BCUT2D eigenvalue weighted by molar-refractivity contribution is 5.23. The minimum absolute atomic E-state index is 0.116. The number of unbranched alkanes of at least 4 members (excludes halogenated alkanes) is 7. The summed E-state index contributed by atoms with van der Waals surface area (Å²) in [6.07, 6.45) is 7.53. The van der Waals surface area contributed by atoms with Crippen molar-refractivity contribution >= 4 is 5.82 Å². The predicted molar refractivity (Wildman–Crippen MR) is 102 cm³/mol. The van der Waals surface area contributed by atoms with Gasteiger partial charge in [0.15, 0.2) is 6.23 Å². The average molecular weight is 383 g/mol. The summed E-state index contributed by atoms with van der Waals surface area (Å²) in [5.41, 5.74) is 4.94. The first-order valence-corrected chi connectivity index (χ1v) is 9.99. The van der Waals surface area contributed by atoms with Gasteiger partial charge in [-0.25, -0.2) is 4.79 Å². The number of aromatic nitrogens is 2. The van der Waals surface area contributed by atoms with E-state index in [9.17, 15) is 15.0 Å². The molecule has 1 aliphatic rings. The number of ether oxygens (including phenoxy) is 2. The van der Waals surface area contributed by atoms with Gasteiger partial charge in [0.05, 0.1) is 6.61 Å². The Morgan fingerprint density at radius 1 is 1.22 bits per heavy atom.